The number of aliphatic carboxylic acids is 2. The van der Waals surface area contributed by atoms with Gasteiger partial charge < -0.3 is 25.2 Å². The van der Waals surface area contributed by atoms with E-state index >= 15 is 0 Å². The van der Waals surface area contributed by atoms with Gasteiger partial charge in [0.1, 0.15) is 6.04 Å². The minimum atomic E-state index is -1.23. The van der Waals surface area contributed by atoms with Gasteiger partial charge in [-0.3, -0.25) is 4.79 Å². The molecule has 20 heavy (non-hydrogen) atoms. The van der Waals surface area contributed by atoms with Gasteiger partial charge in [-0.15, -0.1) is 0 Å². The molecule has 0 radical (unpaired) electrons. The first-order valence-electron chi connectivity index (χ1n) is 6.43. The van der Waals surface area contributed by atoms with Crippen molar-refractivity contribution in [2.75, 3.05) is 26.8 Å². The largest absolute Gasteiger partial charge is 0.481 e. The van der Waals surface area contributed by atoms with Crippen LogP contribution in [0, 0.1) is 5.92 Å². The Morgan fingerprint density at radius 2 is 2.10 bits per heavy atom. The Balaban J connectivity index is 2.46. The monoisotopic (exact) mass is 288 g/mol. The summed E-state index contributed by atoms with van der Waals surface area (Å²) in [6, 6.07) is -1.65. The van der Waals surface area contributed by atoms with Crippen molar-refractivity contribution in [3.05, 3.63) is 0 Å². The fourth-order valence-corrected chi connectivity index (χ4v) is 2.15. The van der Waals surface area contributed by atoms with Gasteiger partial charge >= 0.3 is 18.0 Å². The van der Waals surface area contributed by atoms with Crippen LogP contribution in [0.3, 0.4) is 0 Å². The van der Waals surface area contributed by atoms with Gasteiger partial charge in [0.2, 0.25) is 0 Å². The molecule has 1 saturated heterocycles. The molecule has 1 aliphatic rings. The molecule has 1 aliphatic heterocycles. The number of carbonyl (C=O) groups excluding carboxylic acids is 1. The van der Waals surface area contributed by atoms with E-state index in [0.29, 0.717) is 19.7 Å². The molecule has 0 aromatic heterocycles. The van der Waals surface area contributed by atoms with Crippen LogP contribution >= 0.6 is 0 Å². The van der Waals surface area contributed by atoms with Crippen LogP contribution in [0.4, 0.5) is 4.79 Å². The summed E-state index contributed by atoms with van der Waals surface area (Å²) in [7, 11) is 1.59. The number of likely N-dealkylation sites (tertiary alicyclic amines) is 1. The predicted molar refractivity (Wildman–Crippen MR) is 68.4 cm³/mol. The molecule has 2 atom stereocenters. The maximum absolute atomic E-state index is 11.9. The van der Waals surface area contributed by atoms with Gasteiger partial charge in [0.15, 0.2) is 0 Å². The molecular formula is C12H20N2O6. The fourth-order valence-electron chi connectivity index (χ4n) is 2.15. The van der Waals surface area contributed by atoms with Gasteiger partial charge in [-0.1, -0.05) is 0 Å². The number of carboxylic acids is 2. The van der Waals surface area contributed by atoms with Crippen LogP contribution in [-0.4, -0.2) is 65.9 Å². The molecule has 114 valence electrons. The van der Waals surface area contributed by atoms with Crippen LogP contribution in [0.5, 0.6) is 0 Å². The molecule has 8 nitrogen and oxygen atoms in total. The molecule has 1 fully saturated rings. The number of urea groups is 1. The number of nitrogens with one attached hydrogen (secondary N) is 1. The zero-order chi connectivity index (χ0) is 15.1. The highest BCUT2D eigenvalue weighted by atomic mass is 16.5. The van der Waals surface area contributed by atoms with E-state index in [-0.39, 0.29) is 18.8 Å². The topological polar surface area (TPSA) is 116 Å². The third-order valence-electron chi connectivity index (χ3n) is 3.22. The minimum absolute atomic E-state index is 0.133. The van der Waals surface area contributed by atoms with E-state index in [1.807, 2.05) is 0 Å². The Kier molecular flexibility index (Phi) is 6.23. The van der Waals surface area contributed by atoms with Crippen LogP contribution in [0.15, 0.2) is 0 Å². The molecule has 1 heterocycles. The van der Waals surface area contributed by atoms with E-state index in [0.717, 1.165) is 6.42 Å². The predicted octanol–water partition coefficient (Wildman–Crippen LogP) is -0.0177. The third-order valence-corrected chi connectivity index (χ3v) is 3.22. The van der Waals surface area contributed by atoms with E-state index in [2.05, 4.69) is 5.32 Å². The second-order valence-electron chi connectivity index (χ2n) is 4.83. The van der Waals surface area contributed by atoms with Crippen molar-refractivity contribution < 1.29 is 29.3 Å². The Labute approximate surface area is 116 Å². The number of carboxylic acid groups (broad SMARTS) is 2. The highest BCUT2D eigenvalue weighted by Crippen LogP contribution is 2.16. The fraction of sp³-hybridized carbons (Fsp3) is 0.750. The number of nitrogens with zero attached hydrogens (tertiary/aromatic N) is 1. The van der Waals surface area contributed by atoms with E-state index in [9.17, 15) is 14.4 Å². The zero-order valence-electron chi connectivity index (χ0n) is 11.4. The molecular weight excluding hydrogens is 268 g/mol. The highest BCUT2D eigenvalue weighted by molar-refractivity contribution is 5.83. The molecule has 8 heteroatoms. The number of hydrogen-bond donors (Lipinski definition) is 3. The molecule has 2 amide bonds. The number of amides is 2. The summed E-state index contributed by atoms with van der Waals surface area (Å²) < 4.78 is 5.02. The van der Waals surface area contributed by atoms with E-state index in [4.69, 9.17) is 14.9 Å². The number of methoxy groups -OCH3 is 1. The van der Waals surface area contributed by atoms with Gasteiger partial charge in [-0.05, 0) is 12.8 Å². The highest BCUT2D eigenvalue weighted by Gasteiger charge is 2.29. The molecule has 0 saturated carbocycles. The third kappa shape index (κ3) is 5.04. The first kappa shape index (κ1) is 16.2. The minimum Gasteiger partial charge on any atom is -0.481 e. The Hall–Kier alpha value is -1.83. The quantitative estimate of drug-likeness (QED) is 0.606. The van der Waals surface area contributed by atoms with Crippen LogP contribution in [0.25, 0.3) is 0 Å². The lowest BCUT2D eigenvalue weighted by molar-refractivity contribution is -0.140. The van der Waals surface area contributed by atoms with Crippen molar-refractivity contribution in [3.63, 3.8) is 0 Å². The standard InChI is InChI=1S/C12H20N2O6/c1-20-7-8-4-5-14(6-8)12(19)13-9(11(17)18)2-3-10(15)16/h8-9H,2-7H2,1H3,(H,13,19)(H,15,16)(H,17,18). The van der Waals surface area contributed by atoms with Gasteiger partial charge in [-0.25, -0.2) is 9.59 Å². The van der Waals surface area contributed by atoms with Crippen LogP contribution in [0.1, 0.15) is 19.3 Å². The SMILES string of the molecule is COCC1CCN(C(=O)NC(CCC(=O)O)C(=O)O)C1. The average Bonchev–Trinajstić information content (AvgIpc) is 2.82. The summed E-state index contributed by atoms with van der Waals surface area (Å²) in [6.07, 6.45) is 0.378. The summed E-state index contributed by atoms with van der Waals surface area (Å²) in [6.45, 7) is 1.63. The summed E-state index contributed by atoms with van der Waals surface area (Å²) >= 11 is 0. The van der Waals surface area contributed by atoms with Crippen LogP contribution < -0.4 is 5.32 Å². The van der Waals surface area contributed by atoms with Crippen molar-refractivity contribution >= 4 is 18.0 Å². The summed E-state index contributed by atoms with van der Waals surface area (Å²) in [5, 5.41) is 19.9. The lowest BCUT2D eigenvalue weighted by atomic mass is 10.1. The number of carbonyl (C=O) groups is 3. The maximum atomic E-state index is 11.9. The Morgan fingerprint density at radius 1 is 1.40 bits per heavy atom. The summed E-state index contributed by atoms with van der Waals surface area (Å²) in [5.74, 6) is -2.06. The molecule has 1 rings (SSSR count). The molecule has 0 bridgehead atoms. The smallest absolute Gasteiger partial charge is 0.326 e. The van der Waals surface area contributed by atoms with Crippen molar-refractivity contribution in [1.29, 1.82) is 0 Å². The van der Waals surface area contributed by atoms with E-state index in [1.54, 1.807) is 7.11 Å². The average molecular weight is 288 g/mol. The van der Waals surface area contributed by atoms with Crippen molar-refractivity contribution in [1.82, 2.24) is 10.2 Å². The van der Waals surface area contributed by atoms with E-state index < -0.39 is 24.0 Å². The van der Waals surface area contributed by atoms with Crippen molar-refractivity contribution in [2.45, 2.75) is 25.3 Å². The Bertz CT molecular complexity index is 373. The molecule has 0 aliphatic carbocycles. The first-order valence-corrected chi connectivity index (χ1v) is 6.43. The molecule has 0 aromatic rings. The molecule has 0 aromatic carbocycles. The maximum Gasteiger partial charge on any atom is 0.326 e. The van der Waals surface area contributed by atoms with E-state index in [1.165, 1.54) is 4.90 Å². The van der Waals surface area contributed by atoms with Crippen LogP contribution in [-0.2, 0) is 14.3 Å². The van der Waals surface area contributed by atoms with Gasteiger partial charge in [-0.2, -0.15) is 0 Å². The Morgan fingerprint density at radius 3 is 2.65 bits per heavy atom. The second kappa shape index (κ2) is 7.68. The molecule has 3 N–H and O–H groups in total. The van der Waals surface area contributed by atoms with Crippen molar-refractivity contribution in [3.8, 4) is 0 Å². The van der Waals surface area contributed by atoms with Gasteiger partial charge in [0.05, 0.1) is 6.61 Å². The second-order valence-corrected chi connectivity index (χ2v) is 4.83. The van der Waals surface area contributed by atoms with Crippen molar-refractivity contribution in [2.24, 2.45) is 5.92 Å². The normalized spacial score (nSPS) is 19.6. The zero-order valence-corrected chi connectivity index (χ0v) is 11.4. The number of hydrogen-bond acceptors (Lipinski definition) is 4. The molecule has 2 unspecified atom stereocenters. The number of rotatable bonds is 7. The van der Waals surface area contributed by atoms with Gasteiger partial charge in [0, 0.05) is 32.5 Å². The molecule has 0 spiro atoms. The lowest BCUT2D eigenvalue weighted by Crippen LogP contribution is -2.47. The van der Waals surface area contributed by atoms with Gasteiger partial charge in [0.25, 0.3) is 0 Å². The summed E-state index contributed by atoms with van der Waals surface area (Å²) in [4.78, 5) is 34.9. The first-order chi connectivity index (χ1) is 9.43. The lowest BCUT2D eigenvalue weighted by Gasteiger charge is -2.20. The summed E-state index contributed by atoms with van der Waals surface area (Å²) in [5.41, 5.74) is 0. The number of ether oxygens (including phenoxy) is 1. The van der Waals surface area contributed by atoms with Crippen LogP contribution in [0.2, 0.25) is 0 Å².